The molecule has 2 aromatic carbocycles. The lowest BCUT2D eigenvalue weighted by Crippen LogP contribution is -2.45. The molecule has 0 aliphatic heterocycles. The van der Waals surface area contributed by atoms with Crippen molar-refractivity contribution in [3.05, 3.63) is 54.6 Å². The fourth-order valence-corrected chi connectivity index (χ4v) is 3.14. The normalized spacial score (nSPS) is 11.8. The van der Waals surface area contributed by atoms with Crippen LogP contribution < -0.4 is 10.0 Å². The van der Waals surface area contributed by atoms with Crippen LogP contribution in [0.4, 0.5) is 11.4 Å². The van der Waals surface area contributed by atoms with Crippen molar-refractivity contribution in [3.63, 3.8) is 0 Å². The Morgan fingerprint density at radius 1 is 0.846 bits per heavy atom. The molecule has 0 radical (unpaired) electrons. The molecule has 26 heavy (non-hydrogen) atoms. The van der Waals surface area contributed by atoms with E-state index in [0.29, 0.717) is 11.4 Å². The molecule has 0 heterocycles. The molecule has 2 aromatic rings. The Morgan fingerprint density at radius 3 is 1.85 bits per heavy atom. The zero-order chi connectivity index (χ0) is 19.2. The van der Waals surface area contributed by atoms with Crippen LogP contribution in [-0.4, -0.2) is 49.5 Å². The third kappa shape index (κ3) is 4.38. The van der Waals surface area contributed by atoms with Crippen molar-refractivity contribution in [2.75, 3.05) is 29.9 Å². The molecule has 2 rings (SSSR count). The smallest absolute Gasteiger partial charge is 0.261 e. The van der Waals surface area contributed by atoms with E-state index in [9.17, 15) is 28.5 Å². The van der Waals surface area contributed by atoms with Crippen molar-refractivity contribution in [2.24, 2.45) is 5.41 Å². The number of sulfonamides is 1. The van der Waals surface area contributed by atoms with Crippen LogP contribution in [0.3, 0.4) is 0 Å². The summed E-state index contributed by atoms with van der Waals surface area (Å²) in [5.74, 6) is -0.748. The van der Waals surface area contributed by atoms with Crippen LogP contribution in [0.25, 0.3) is 0 Å². The molecular formula is C17H20N2O6S. The third-order valence-corrected chi connectivity index (χ3v) is 5.24. The van der Waals surface area contributed by atoms with Crippen molar-refractivity contribution in [1.29, 1.82) is 0 Å². The second-order valence-corrected chi connectivity index (χ2v) is 7.39. The van der Waals surface area contributed by atoms with Crippen LogP contribution in [-0.2, 0) is 14.8 Å². The Morgan fingerprint density at radius 2 is 1.35 bits per heavy atom. The van der Waals surface area contributed by atoms with E-state index in [0.717, 1.165) is 0 Å². The summed E-state index contributed by atoms with van der Waals surface area (Å²) in [4.78, 5) is 12.2. The zero-order valence-corrected chi connectivity index (χ0v) is 14.6. The van der Waals surface area contributed by atoms with Gasteiger partial charge in [0.1, 0.15) is 5.41 Å². The summed E-state index contributed by atoms with van der Waals surface area (Å²) in [6.07, 6.45) is 0. The van der Waals surface area contributed by atoms with Gasteiger partial charge in [0.15, 0.2) is 0 Å². The van der Waals surface area contributed by atoms with Crippen molar-refractivity contribution in [1.82, 2.24) is 0 Å². The first-order valence-corrected chi connectivity index (χ1v) is 9.17. The second-order valence-electron chi connectivity index (χ2n) is 5.70. The highest BCUT2D eigenvalue weighted by Crippen LogP contribution is 2.21. The summed E-state index contributed by atoms with van der Waals surface area (Å²) in [5, 5.41) is 30.2. The van der Waals surface area contributed by atoms with Gasteiger partial charge in [-0.15, -0.1) is 0 Å². The Bertz CT molecular complexity index is 825. The summed E-state index contributed by atoms with van der Waals surface area (Å²) >= 11 is 0. The van der Waals surface area contributed by atoms with E-state index < -0.39 is 41.2 Å². The fraction of sp³-hybridized carbons (Fsp3) is 0.235. The molecule has 0 saturated heterocycles. The molecule has 0 aromatic heterocycles. The molecule has 0 spiro atoms. The first kappa shape index (κ1) is 19.9. The van der Waals surface area contributed by atoms with Gasteiger partial charge in [0.25, 0.3) is 10.0 Å². The highest BCUT2D eigenvalue weighted by atomic mass is 32.2. The van der Waals surface area contributed by atoms with Gasteiger partial charge in [0.05, 0.1) is 24.7 Å². The van der Waals surface area contributed by atoms with E-state index in [1.807, 2.05) is 0 Å². The molecule has 0 fully saturated rings. The number of carbonyl (C=O) groups is 1. The first-order chi connectivity index (χ1) is 12.4. The van der Waals surface area contributed by atoms with Crippen LogP contribution in [0.5, 0.6) is 0 Å². The van der Waals surface area contributed by atoms with Crippen molar-refractivity contribution >= 4 is 27.3 Å². The number of rotatable bonds is 8. The van der Waals surface area contributed by atoms with Gasteiger partial charge in [0.2, 0.25) is 5.91 Å². The van der Waals surface area contributed by atoms with E-state index in [2.05, 4.69) is 10.0 Å². The number of hydrogen-bond donors (Lipinski definition) is 5. The number of amides is 1. The molecule has 0 atom stereocenters. The number of aliphatic hydroxyl groups is 3. The maximum atomic E-state index is 12.2. The Labute approximate surface area is 151 Å². The highest BCUT2D eigenvalue weighted by molar-refractivity contribution is 7.92. The van der Waals surface area contributed by atoms with Gasteiger partial charge < -0.3 is 20.6 Å². The predicted octanol–water partition coefficient (Wildman–Crippen LogP) is 0.389. The maximum absolute atomic E-state index is 12.2. The molecule has 1 amide bonds. The quantitative estimate of drug-likeness (QED) is 0.449. The Balaban J connectivity index is 2.10. The Hall–Kier alpha value is -2.46. The van der Waals surface area contributed by atoms with Crippen molar-refractivity contribution in [2.45, 2.75) is 4.90 Å². The summed E-state index contributed by atoms with van der Waals surface area (Å²) in [6.45, 7) is -2.16. The number of nitrogens with one attached hydrogen (secondary N) is 2. The largest absolute Gasteiger partial charge is 0.395 e. The van der Waals surface area contributed by atoms with Gasteiger partial charge >= 0.3 is 0 Å². The molecule has 0 aliphatic carbocycles. The molecule has 0 saturated carbocycles. The molecule has 5 N–H and O–H groups in total. The number of carbonyl (C=O) groups excluding carboxylic acids is 1. The third-order valence-electron chi connectivity index (χ3n) is 3.84. The molecule has 8 nitrogen and oxygen atoms in total. The van der Waals surface area contributed by atoms with Crippen LogP contribution in [0, 0.1) is 5.41 Å². The van der Waals surface area contributed by atoms with E-state index in [-0.39, 0.29) is 4.90 Å². The molecule has 0 aliphatic rings. The summed E-state index contributed by atoms with van der Waals surface area (Å²) in [7, 11) is -3.72. The summed E-state index contributed by atoms with van der Waals surface area (Å²) in [5.41, 5.74) is -1.09. The number of anilines is 2. The minimum atomic E-state index is -3.72. The van der Waals surface area contributed by atoms with Gasteiger partial charge in [-0.3, -0.25) is 9.52 Å². The van der Waals surface area contributed by atoms with Gasteiger partial charge in [-0.25, -0.2) is 8.42 Å². The monoisotopic (exact) mass is 380 g/mol. The molecule has 0 unspecified atom stereocenters. The van der Waals surface area contributed by atoms with Crippen molar-refractivity contribution < 1.29 is 28.5 Å². The van der Waals surface area contributed by atoms with Crippen LogP contribution in [0.2, 0.25) is 0 Å². The molecule has 0 bridgehead atoms. The highest BCUT2D eigenvalue weighted by Gasteiger charge is 2.37. The van der Waals surface area contributed by atoms with Crippen molar-refractivity contribution in [3.8, 4) is 0 Å². The lowest BCUT2D eigenvalue weighted by molar-refractivity contribution is -0.134. The maximum Gasteiger partial charge on any atom is 0.261 e. The van der Waals surface area contributed by atoms with Gasteiger partial charge in [-0.2, -0.15) is 0 Å². The van der Waals surface area contributed by atoms with Crippen LogP contribution >= 0.6 is 0 Å². The SMILES string of the molecule is O=C(Nc1ccc(NS(=O)(=O)c2ccccc2)cc1)C(CO)(CO)CO. The second kappa shape index (κ2) is 8.28. The van der Waals surface area contributed by atoms with Crippen LogP contribution in [0.15, 0.2) is 59.5 Å². The summed E-state index contributed by atoms with van der Waals surface area (Å²) < 4.78 is 26.9. The van der Waals surface area contributed by atoms with Gasteiger partial charge in [0, 0.05) is 11.4 Å². The average Bonchev–Trinajstić information content (AvgIpc) is 2.66. The molecule has 9 heteroatoms. The van der Waals surface area contributed by atoms with Crippen LogP contribution in [0.1, 0.15) is 0 Å². The lowest BCUT2D eigenvalue weighted by Gasteiger charge is -2.25. The lowest BCUT2D eigenvalue weighted by atomic mass is 9.90. The standard InChI is InChI=1S/C17H20N2O6S/c20-10-17(11-21,12-22)16(23)18-13-6-8-14(9-7-13)19-26(24,25)15-4-2-1-3-5-15/h1-9,19-22H,10-12H2,(H,18,23). The predicted molar refractivity (Wildman–Crippen MR) is 96.0 cm³/mol. The topological polar surface area (TPSA) is 136 Å². The van der Waals surface area contributed by atoms with E-state index in [1.54, 1.807) is 18.2 Å². The van der Waals surface area contributed by atoms with Gasteiger partial charge in [-0.05, 0) is 36.4 Å². The molecular weight excluding hydrogens is 360 g/mol. The number of benzene rings is 2. The number of hydrogen-bond acceptors (Lipinski definition) is 6. The zero-order valence-electron chi connectivity index (χ0n) is 13.8. The Kier molecular flexibility index (Phi) is 6.32. The minimum absolute atomic E-state index is 0.121. The van der Waals surface area contributed by atoms with E-state index in [4.69, 9.17) is 0 Å². The average molecular weight is 380 g/mol. The fourth-order valence-electron chi connectivity index (χ4n) is 2.06. The number of aliphatic hydroxyl groups excluding tert-OH is 3. The van der Waals surface area contributed by atoms with E-state index >= 15 is 0 Å². The first-order valence-electron chi connectivity index (χ1n) is 7.69. The van der Waals surface area contributed by atoms with Gasteiger partial charge in [-0.1, -0.05) is 18.2 Å². The molecule has 140 valence electrons. The summed E-state index contributed by atoms with van der Waals surface area (Å²) in [6, 6.07) is 13.7. The minimum Gasteiger partial charge on any atom is -0.395 e. The van der Waals surface area contributed by atoms with E-state index in [1.165, 1.54) is 36.4 Å².